The van der Waals surface area contributed by atoms with Gasteiger partial charge in [0.2, 0.25) is 0 Å². The molecule has 5 nitrogen and oxygen atoms in total. The van der Waals surface area contributed by atoms with Gasteiger partial charge in [0.15, 0.2) is 5.66 Å². The van der Waals surface area contributed by atoms with Crippen molar-refractivity contribution in [1.29, 1.82) is 0 Å². The molecule has 0 saturated carbocycles. The molecular weight excluding hydrogens is 412 g/mol. The highest BCUT2D eigenvalue weighted by Gasteiger charge is 2.59. The van der Waals surface area contributed by atoms with Crippen molar-refractivity contribution in [3.8, 4) is 5.75 Å². The zero-order chi connectivity index (χ0) is 21.2. The molecule has 1 saturated heterocycles. The number of amides is 2. The first-order chi connectivity index (χ1) is 15.1. The normalized spacial score (nSPS) is 21.0. The molecule has 0 aromatic heterocycles. The summed E-state index contributed by atoms with van der Waals surface area (Å²) in [6.45, 7) is 1.56. The fraction of sp³-hybridized carbons (Fsp3) is 0.200. The van der Waals surface area contributed by atoms with Crippen LogP contribution in [-0.4, -0.2) is 41.3 Å². The van der Waals surface area contributed by atoms with Crippen LogP contribution in [0.25, 0.3) is 0 Å². The molecule has 3 aromatic rings. The molecule has 0 bridgehead atoms. The van der Waals surface area contributed by atoms with Crippen LogP contribution >= 0.6 is 11.6 Å². The molecule has 0 spiro atoms. The smallest absolute Gasteiger partial charge is 0.256 e. The highest BCUT2D eigenvalue weighted by Crippen LogP contribution is 2.50. The van der Waals surface area contributed by atoms with Crippen molar-refractivity contribution in [2.75, 3.05) is 19.7 Å². The first-order valence-electron chi connectivity index (χ1n) is 10.4. The Hall–Kier alpha value is -3.31. The number of benzene rings is 3. The van der Waals surface area contributed by atoms with Gasteiger partial charge in [0.1, 0.15) is 5.75 Å². The Morgan fingerprint density at radius 2 is 1.81 bits per heavy atom. The number of ether oxygens (including phenoxy) is 1. The Morgan fingerprint density at radius 3 is 2.65 bits per heavy atom. The lowest BCUT2D eigenvalue weighted by molar-refractivity contribution is 0.0375. The fourth-order valence-corrected chi connectivity index (χ4v) is 5.33. The van der Waals surface area contributed by atoms with Crippen molar-refractivity contribution >= 4 is 23.4 Å². The van der Waals surface area contributed by atoms with Crippen molar-refractivity contribution in [1.82, 2.24) is 9.80 Å². The van der Waals surface area contributed by atoms with Gasteiger partial charge < -0.3 is 14.5 Å². The van der Waals surface area contributed by atoms with Gasteiger partial charge in [-0.1, -0.05) is 41.9 Å². The standard InChI is InChI=1S/C25H19ClN2O3/c26-19-8-6-18(7-9-19)25-21-4-2-1-3-20(21)24(30)28(25)13-12-27(25)23(29)17-5-10-22-16(15-17)11-14-31-22/h1-10,15H,11-14H2. The second kappa shape index (κ2) is 6.59. The molecule has 154 valence electrons. The number of rotatable bonds is 2. The number of fused-ring (bicyclic) bond motifs is 4. The molecule has 6 heteroatoms. The summed E-state index contributed by atoms with van der Waals surface area (Å²) in [4.78, 5) is 30.8. The predicted molar refractivity (Wildman–Crippen MR) is 116 cm³/mol. The van der Waals surface area contributed by atoms with Crippen LogP contribution in [0.3, 0.4) is 0 Å². The second-order valence-corrected chi connectivity index (χ2v) is 8.50. The minimum atomic E-state index is -0.981. The third-order valence-corrected chi connectivity index (χ3v) is 6.79. The predicted octanol–water partition coefficient (Wildman–Crippen LogP) is 4.09. The van der Waals surface area contributed by atoms with Gasteiger partial charge in [-0.2, -0.15) is 0 Å². The Balaban J connectivity index is 1.55. The van der Waals surface area contributed by atoms with Crippen LogP contribution < -0.4 is 4.74 Å². The summed E-state index contributed by atoms with van der Waals surface area (Å²) in [6.07, 6.45) is 0.798. The van der Waals surface area contributed by atoms with E-state index in [9.17, 15) is 9.59 Å². The first-order valence-corrected chi connectivity index (χ1v) is 10.7. The minimum absolute atomic E-state index is 0.0526. The molecule has 3 aromatic carbocycles. The van der Waals surface area contributed by atoms with Crippen LogP contribution in [0.2, 0.25) is 5.02 Å². The Labute approximate surface area is 184 Å². The summed E-state index contributed by atoms with van der Waals surface area (Å²) in [5.41, 5.74) is 2.99. The van der Waals surface area contributed by atoms with Gasteiger partial charge in [0, 0.05) is 46.8 Å². The van der Waals surface area contributed by atoms with Crippen LogP contribution in [0.5, 0.6) is 5.75 Å². The van der Waals surface area contributed by atoms with Crippen LogP contribution in [-0.2, 0) is 12.1 Å². The monoisotopic (exact) mass is 430 g/mol. The van der Waals surface area contributed by atoms with E-state index < -0.39 is 5.66 Å². The molecule has 1 atom stereocenters. The van der Waals surface area contributed by atoms with Gasteiger partial charge in [-0.3, -0.25) is 9.59 Å². The molecule has 0 aliphatic carbocycles. The van der Waals surface area contributed by atoms with Crippen molar-refractivity contribution in [3.63, 3.8) is 0 Å². The van der Waals surface area contributed by atoms with E-state index in [0.717, 1.165) is 28.9 Å². The third kappa shape index (κ3) is 2.44. The van der Waals surface area contributed by atoms with E-state index in [-0.39, 0.29) is 11.8 Å². The van der Waals surface area contributed by atoms with E-state index in [0.29, 0.717) is 35.8 Å². The number of carbonyl (C=O) groups excluding carboxylic acids is 2. The fourth-order valence-electron chi connectivity index (χ4n) is 5.20. The molecule has 1 unspecified atom stereocenters. The van der Waals surface area contributed by atoms with Crippen molar-refractivity contribution in [2.24, 2.45) is 0 Å². The average Bonchev–Trinajstić information content (AvgIpc) is 3.48. The van der Waals surface area contributed by atoms with Gasteiger partial charge in [-0.25, -0.2) is 0 Å². The molecule has 2 amide bonds. The quantitative estimate of drug-likeness (QED) is 0.615. The SMILES string of the molecule is O=C(c1ccc2c(c1)CCO2)N1CCN2C(=O)c3ccccc3C12c1ccc(Cl)cc1. The number of carbonyl (C=O) groups is 2. The number of hydrogen-bond acceptors (Lipinski definition) is 3. The molecule has 3 heterocycles. The van der Waals surface area contributed by atoms with Crippen LogP contribution in [0.15, 0.2) is 66.7 Å². The minimum Gasteiger partial charge on any atom is -0.493 e. The molecule has 31 heavy (non-hydrogen) atoms. The lowest BCUT2D eigenvalue weighted by Crippen LogP contribution is -2.51. The highest BCUT2D eigenvalue weighted by atomic mass is 35.5. The maximum Gasteiger partial charge on any atom is 0.256 e. The van der Waals surface area contributed by atoms with Gasteiger partial charge in [-0.05, 0) is 42.0 Å². The summed E-state index contributed by atoms with van der Waals surface area (Å²) in [5, 5.41) is 0.610. The number of halogens is 1. The van der Waals surface area contributed by atoms with Gasteiger partial charge >= 0.3 is 0 Å². The van der Waals surface area contributed by atoms with E-state index in [4.69, 9.17) is 16.3 Å². The molecule has 0 N–H and O–H groups in total. The van der Waals surface area contributed by atoms with E-state index in [1.165, 1.54) is 0 Å². The van der Waals surface area contributed by atoms with Gasteiger partial charge in [-0.15, -0.1) is 0 Å². The van der Waals surface area contributed by atoms with E-state index in [2.05, 4.69) is 0 Å². The van der Waals surface area contributed by atoms with Crippen molar-refractivity contribution in [3.05, 3.63) is 99.6 Å². The summed E-state index contributed by atoms with van der Waals surface area (Å²) < 4.78 is 5.60. The lowest BCUT2D eigenvalue weighted by atomic mass is 9.89. The Bertz CT molecular complexity index is 1240. The number of nitrogens with zero attached hydrogens (tertiary/aromatic N) is 2. The zero-order valence-corrected chi connectivity index (χ0v) is 17.4. The Kier molecular flexibility index (Phi) is 3.93. The molecular formula is C25H19ClN2O3. The summed E-state index contributed by atoms with van der Waals surface area (Å²) >= 11 is 6.16. The van der Waals surface area contributed by atoms with Crippen molar-refractivity contribution < 1.29 is 14.3 Å². The molecule has 3 aliphatic rings. The first kappa shape index (κ1) is 18.5. The largest absolute Gasteiger partial charge is 0.493 e. The van der Waals surface area contributed by atoms with Crippen LogP contribution in [0.4, 0.5) is 0 Å². The van der Waals surface area contributed by atoms with Crippen LogP contribution in [0.1, 0.15) is 37.4 Å². The van der Waals surface area contributed by atoms with Crippen LogP contribution in [0, 0.1) is 0 Å². The molecule has 1 fully saturated rings. The van der Waals surface area contributed by atoms with E-state index >= 15 is 0 Å². The molecule has 3 aliphatic heterocycles. The number of hydrogen-bond donors (Lipinski definition) is 0. The van der Waals surface area contributed by atoms with Crippen molar-refractivity contribution in [2.45, 2.75) is 12.1 Å². The zero-order valence-electron chi connectivity index (χ0n) is 16.7. The maximum absolute atomic E-state index is 13.9. The maximum atomic E-state index is 13.9. The highest BCUT2D eigenvalue weighted by molar-refractivity contribution is 6.30. The third-order valence-electron chi connectivity index (χ3n) is 6.53. The van der Waals surface area contributed by atoms with E-state index in [1.807, 2.05) is 76.5 Å². The topological polar surface area (TPSA) is 49.9 Å². The Morgan fingerprint density at radius 1 is 1.00 bits per heavy atom. The van der Waals surface area contributed by atoms with Gasteiger partial charge in [0.05, 0.1) is 6.61 Å². The molecule has 0 radical (unpaired) electrons. The van der Waals surface area contributed by atoms with Gasteiger partial charge in [0.25, 0.3) is 11.8 Å². The lowest BCUT2D eigenvalue weighted by Gasteiger charge is -2.40. The average molecular weight is 431 g/mol. The molecule has 6 rings (SSSR count). The summed E-state index contributed by atoms with van der Waals surface area (Å²) in [7, 11) is 0. The van der Waals surface area contributed by atoms with E-state index in [1.54, 1.807) is 0 Å². The summed E-state index contributed by atoms with van der Waals surface area (Å²) in [6, 6.07) is 20.6. The summed E-state index contributed by atoms with van der Waals surface area (Å²) in [5.74, 6) is 0.688. The second-order valence-electron chi connectivity index (χ2n) is 8.06.